The van der Waals surface area contributed by atoms with E-state index in [2.05, 4.69) is 6.92 Å². The summed E-state index contributed by atoms with van der Waals surface area (Å²) in [5, 5.41) is 0. The van der Waals surface area contributed by atoms with Gasteiger partial charge in [-0.05, 0) is 12.8 Å². The van der Waals surface area contributed by atoms with Gasteiger partial charge in [0, 0.05) is 20.3 Å². The minimum atomic E-state index is -0.857. The van der Waals surface area contributed by atoms with Crippen molar-refractivity contribution in [2.45, 2.75) is 65.0 Å². The van der Waals surface area contributed by atoms with E-state index in [1.165, 1.54) is 0 Å². The lowest BCUT2D eigenvalue weighted by molar-refractivity contribution is -0.217. The third-order valence-corrected chi connectivity index (χ3v) is 3.15. The van der Waals surface area contributed by atoms with Gasteiger partial charge in [-0.25, -0.2) is 4.79 Å². The molecule has 0 bridgehead atoms. The average Bonchev–Trinajstić information content (AvgIpc) is 2.25. The Labute approximate surface area is 102 Å². The van der Waals surface area contributed by atoms with Crippen LogP contribution in [0.5, 0.6) is 0 Å². The minimum Gasteiger partial charge on any atom is -0.456 e. The van der Waals surface area contributed by atoms with Crippen molar-refractivity contribution in [1.82, 2.24) is 0 Å². The lowest BCUT2D eigenvalue weighted by Gasteiger charge is -2.40. The summed E-state index contributed by atoms with van der Waals surface area (Å²) in [7, 11) is 0. The number of cyclic esters (lactones) is 1. The highest BCUT2D eigenvalue weighted by molar-refractivity contribution is 5.91. The largest absolute Gasteiger partial charge is 0.456 e. The summed E-state index contributed by atoms with van der Waals surface area (Å²) in [6.07, 6.45) is 2.30. The van der Waals surface area contributed by atoms with E-state index < -0.39 is 5.79 Å². The first-order valence-electron chi connectivity index (χ1n) is 6.27. The molecule has 0 saturated heterocycles. The molecule has 0 N–H and O–H groups in total. The fraction of sp³-hybridized carbons (Fsp3) is 0.769. The van der Waals surface area contributed by atoms with Crippen LogP contribution in [0, 0.1) is 0 Å². The summed E-state index contributed by atoms with van der Waals surface area (Å²) in [5.41, 5.74) is 0.580. The molecule has 2 atom stereocenters. The molecule has 0 aliphatic carbocycles. The molecule has 4 heteroatoms. The number of ether oxygens (including phenoxy) is 3. The Morgan fingerprint density at radius 2 is 1.94 bits per heavy atom. The molecule has 0 amide bonds. The summed E-state index contributed by atoms with van der Waals surface area (Å²) in [6.45, 7) is 7.59. The van der Waals surface area contributed by atoms with Crippen molar-refractivity contribution in [1.29, 1.82) is 0 Å². The molecule has 2 rings (SSSR count). The SMILES string of the molecule is CC[C@@H]1CC2=C(C(=O)OC(C)(C)O2)[C@@H](CC)O1. The molecule has 96 valence electrons. The standard InChI is InChI=1S/C13H20O4/c1-5-8-7-10-11(9(6-2)15-8)12(14)17-13(3,4)16-10/h8-9H,5-7H2,1-4H3/t8-,9-/m1/s1. The molecule has 0 aromatic rings. The van der Waals surface area contributed by atoms with Gasteiger partial charge in [0.2, 0.25) is 5.79 Å². The molecule has 2 heterocycles. The molecule has 0 spiro atoms. The van der Waals surface area contributed by atoms with Crippen LogP contribution in [0.25, 0.3) is 0 Å². The van der Waals surface area contributed by atoms with Crippen LogP contribution in [0.2, 0.25) is 0 Å². The second kappa shape index (κ2) is 4.33. The quantitative estimate of drug-likeness (QED) is 0.696. The van der Waals surface area contributed by atoms with E-state index in [1.54, 1.807) is 13.8 Å². The molecule has 0 aromatic heterocycles. The van der Waals surface area contributed by atoms with Crippen LogP contribution < -0.4 is 0 Å². The number of hydrogen-bond donors (Lipinski definition) is 0. The molecule has 0 radical (unpaired) electrons. The maximum absolute atomic E-state index is 12.0. The highest BCUT2D eigenvalue weighted by Gasteiger charge is 2.42. The molecule has 17 heavy (non-hydrogen) atoms. The van der Waals surface area contributed by atoms with E-state index >= 15 is 0 Å². The lowest BCUT2D eigenvalue weighted by atomic mass is 9.96. The van der Waals surface area contributed by atoms with Crippen LogP contribution in [-0.2, 0) is 19.0 Å². The predicted molar refractivity (Wildman–Crippen MR) is 62.1 cm³/mol. The van der Waals surface area contributed by atoms with E-state index in [0.717, 1.165) is 18.6 Å². The monoisotopic (exact) mass is 240 g/mol. The zero-order chi connectivity index (χ0) is 12.6. The lowest BCUT2D eigenvalue weighted by Crippen LogP contribution is -2.44. The molecule has 0 fully saturated rings. The Kier molecular flexibility index (Phi) is 3.17. The van der Waals surface area contributed by atoms with Crippen molar-refractivity contribution in [3.8, 4) is 0 Å². The summed E-state index contributed by atoms with van der Waals surface area (Å²) in [6, 6.07) is 0. The Balaban J connectivity index is 2.34. The third kappa shape index (κ3) is 2.32. The number of esters is 1. The summed E-state index contributed by atoms with van der Waals surface area (Å²) in [5.74, 6) is -0.391. The van der Waals surface area contributed by atoms with Crippen molar-refractivity contribution in [3.05, 3.63) is 11.3 Å². The number of hydrogen-bond acceptors (Lipinski definition) is 4. The first kappa shape index (κ1) is 12.4. The highest BCUT2D eigenvalue weighted by atomic mass is 16.7. The van der Waals surface area contributed by atoms with Gasteiger partial charge < -0.3 is 14.2 Å². The van der Waals surface area contributed by atoms with Gasteiger partial charge in [0.15, 0.2) is 0 Å². The first-order valence-corrected chi connectivity index (χ1v) is 6.27. The first-order chi connectivity index (χ1) is 7.96. The zero-order valence-electron chi connectivity index (χ0n) is 10.9. The van der Waals surface area contributed by atoms with Gasteiger partial charge in [0.05, 0.1) is 12.2 Å². The molecule has 0 saturated carbocycles. The van der Waals surface area contributed by atoms with Crippen molar-refractivity contribution in [2.75, 3.05) is 0 Å². The van der Waals surface area contributed by atoms with Gasteiger partial charge in [-0.3, -0.25) is 0 Å². The smallest absolute Gasteiger partial charge is 0.343 e. The maximum Gasteiger partial charge on any atom is 0.343 e. The van der Waals surface area contributed by atoms with Gasteiger partial charge in [0.1, 0.15) is 11.3 Å². The summed E-state index contributed by atoms with van der Waals surface area (Å²) in [4.78, 5) is 12.0. The van der Waals surface area contributed by atoms with Crippen molar-refractivity contribution >= 4 is 5.97 Å². The Morgan fingerprint density at radius 3 is 2.53 bits per heavy atom. The average molecular weight is 240 g/mol. The Morgan fingerprint density at radius 1 is 1.24 bits per heavy atom. The maximum atomic E-state index is 12.0. The van der Waals surface area contributed by atoms with Crippen LogP contribution in [-0.4, -0.2) is 24.0 Å². The fourth-order valence-corrected chi connectivity index (χ4v) is 2.32. The van der Waals surface area contributed by atoms with E-state index in [4.69, 9.17) is 14.2 Å². The van der Waals surface area contributed by atoms with Crippen LogP contribution in [0.3, 0.4) is 0 Å². The van der Waals surface area contributed by atoms with Gasteiger partial charge in [-0.1, -0.05) is 13.8 Å². The van der Waals surface area contributed by atoms with Gasteiger partial charge in [0.25, 0.3) is 0 Å². The molecular formula is C13H20O4. The Bertz CT molecular complexity index is 356. The van der Waals surface area contributed by atoms with Crippen LogP contribution in [0.15, 0.2) is 11.3 Å². The molecule has 2 aliphatic rings. The van der Waals surface area contributed by atoms with Gasteiger partial charge >= 0.3 is 5.97 Å². The number of carbonyl (C=O) groups is 1. The van der Waals surface area contributed by atoms with E-state index in [1.807, 2.05) is 6.92 Å². The van der Waals surface area contributed by atoms with Crippen LogP contribution in [0.1, 0.15) is 47.0 Å². The minimum absolute atomic E-state index is 0.139. The normalized spacial score (nSPS) is 31.6. The van der Waals surface area contributed by atoms with E-state index in [-0.39, 0.29) is 18.2 Å². The molecule has 0 aromatic carbocycles. The Hall–Kier alpha value is -1.03. The van der Waals surface area contributed by atoms with Crippen LogP contribution >= 0.6 is 0 Å². The highest BCUT2D eigenvalue weighted by Crippen LogP contribution is 2.37. The predicted octanol–water partition coefficient (Wildman–Crippen LogP) is 2.53. The fourth-order valence-electron chi connectivity index (χ4n) is 2.32. The summed E-state index contributed by atoms with van der Waals surface area (Å²) >= 11 is 0. The van der Waals surface area contributed by atoms with Crippen molar-refractivity contribution in [2.24, 2.45) is 0 Å². The van der Waals surface area contributed by atoms with E-state index in [0.29, 0.717) is 12.0 Å². The summed E-state index contributed by atoms with van der Waals surface area (Å²) < 4.78 is 16.9. The van der Waals surface area contributed by atoms with Crippen LogP contribution in [0.4, 0.5) is 0 Å². The molecular weight excluding hydrogens is 220 g/mol. The van der Waals surface area contributed by atoms with Gasteiger partial charge in [-0.15, -0.1) is 0 Å². The second-order valence-corrected chi connectivity index (χ2v) is 5.00. The second-order valence-electron chi connectivity index (χ2n) is 5.00. The zero-order valence-corrected chi connectivity index (χ0v) is 10.9. The molecule has 2 aliphatic heterocycles. The molecule has 4 nitrogen and oxygen atoms in total. The van der Waals surface area contributed by atoms with E-state index in [9.17, 15) is 4.79 Å². The van der Waals surface area contributed by atoms with Gasteiger partial charge in [-0.2, -0.15) is 0 Å². The molecule has 0 unspecified atom stereocenters. The third-order valence-electron chi connectivity index (χ3n) is 3.15. The topological polar surface area (TPSA) is 44.8 Å². The number of rotatable bonds is 2. The van der Waals surface area contributed by atoms with Crippen molar-refractivity contribution < 1.29 is 19.0 Å². The van der Waals surface area contributed by atoms with Crippen molar-refractivity contribution in [3.63, 3.8) is 0 Å². The number of carbonyl (C=O) groups excluding carboxylic acids is 1.